The van der Waals surface area contributed by atoms with Crippen molar-refractivity contribution in [2.75, 3.05) is 0 Å². The van der Waals surface area contributed by atoms with Crippen LogP contribution in [-0.4, -0.2) is 17.9 Å². The number of hydrogen-bond acceptors (Lipinski definition) is 2. The van der Waals surface area contributed by atoms with Crippen LogP contribution in [-0.2, 0) is 0 Å². The van der Waals surface area contributed by atoms with E-state index in [4.69, 9.17) is 0 Å². The fourth-order valence-corrected chi connectivity index (χ4v) is 3.17. The molecule has 2 heterocycles. The number of carbonyl (C=O) groups excluding carboxylic acids is 1. The van der Waals surface area contributed by atoms with Gasteiger partial charge in [0.25, 0.3) is 0 Å². The Labute approximate surface area is 100 Å². The Bertz CT molecular complexity index is 471. The van der Waals surface area contributed by atoms with E-state index in [-0.39, 0.29) is 17.5 Å². The number of nitrogens with one attached hydrogen (secondary N) is 1. The molecule has 2 aliphatic heterocycles. The average Bonchev–Trinajstić information content (AvgIpc) is 2.93. The Morgan fingerprint density at radius 2 is 2.24 bits per heavy atom. The second-order valence-corrected chi connectivity index (χ2v) is 5.21. The molecule has 2 saturated heterocycles. The first-order valence-corrected chi connectivity index (χ1v) is 6.21. The molecule has 1 N–H and O–H groups in total. The van der Waals surface area contributed by atoms with Crippen LogP contribution >= 0.6 is 0 Å². The van der Waals surface area contributed by atoms with Crippen LogP contribution in [0.4, 0.5) is 4.39 Å². The molecule has 0 radical (unpaired) electrons. The van der Waals surface area contributed by atoms with Crippen molar-refractivity contribution in [1.82, 2.24) is 5.32 Å². The van der Waals surface area contributed by atoms with E-state index >= 15 is 0 Å². The van der Waals surface area contributed by atoms with Crippen LogP contribution in [0.3, 0.4) is 0 Å². The first-order valence-electron chi connectivity index (χ1n) is 6.21. The third kappa shape index (κ3) is 1.78. The first-order chi connectivity index (χ1) is 8.15. The molecule has 17 heavy (non-hydrogen) atoms. The van der Waals surface area contributed by atoms with Gasteiger partial charge in [-0.1, -0.05) is 6.07 Å². The molecule has 90 valence electrons. The van der Waals surface area contributed by atoms with Gasteiger partial charge in [-0.3, -0.25) is 4.79 Å². The Balaban J connectivity index is 1.89. The molecule has 3 rings (SSSR count). The summed E-state index contributed by atoms with van der Waals surface area (Å²) in [5.41, 5.74) is 1.43. The number of carbonyl (C=O) groups is 1. The van der Waals surface area contributed by atoms with Crippen molar-refractivity contribution in [1.29, 1.82) is 0 Å². The summed E-state index contributed by atoms with van der Waals surface area (Å²) in [6.45, 7) is 1.87. The summed E-state index contributed by atoms with van der Waals surface area (Å²) >= 11 is 0. The molecule has 2 aliphatic rings. The molecular formula is C14H16FNO. The molecular weight excluding hydrogens is 217 g/mol. The summed E-state index contributed by atoms with van der Waals surface area (Å²) in [4.78, 5) is 12.4. The Kier molecular flexibility index (Phi) is 2.51. The van der Waals surface area contributed by atoms with Crippen LogP contribution in [0.1, 0.15) is 35.2 Å². The predicted octanol–water partition coefficient (Wildman–Crippen LogP) is 2.46. The summed E-state index contributed by atoms with van der Waals surface area (Å²) in [6, 6.07) is 5.29. The molecule has 3 unspecified atom stereocenters. The number of hydrogen-bond donors (Lipinski definition) is 1. The number of benzene rings is 1. The van der Waals surface area contributed by atoms with E-state index in [2.05, 4.69) is 5.32 Å². The third-order valence-electron chi connectivity index (χ3n) is 4.10. The zero-order valence-corrected chi connectivity index (χ0v) is 9.87. The largest absolute Gasteiger partial charge is 0.310 e. The van der Waals surface area contributed by atoms with E-state index in [9.17, 15) is 9.18 Å². The molecule has 0 aliphatic carbocycles. The lowest BCUT2D eigenvalue weighted by Gasteiger charge is -2.19. The predicted molar refractivity (Wildman–Crippen MR) is 63.5 cm³/mol. The lowest BCUT2D eigenvalue weighted by Crippen LogP contribution is -2.29. The van der Waals surface area contributed by atoms with Gasteiger partial charge in [0.2, 0.25) is 0 Å². The molecule has 2 bridgehead atoms. The molecule has 0 spiro atoms. The van der Waals surface area contributed by atoms with Gasteiger partial charge in [-0.2, -0.15) is 0 Å². The van der Waals surface area contributed by atoms with Gasteiger partial charge in [0, 0.05) is 23.6 Å². The molecule has 3 atom stereocenters. The molecule has 0 amide bonds. The minimum absolute atomic E-state index is 0.0502. The van der Waals surface area contributed by atoms with Gasteiger partial charge in [-0.05, 0) is 43.9 Å². The minimum atomic E-state index is -0.324. The first kappa shape index (κ1) is 10.9. The number of fused-ring (bicyclic) bond motifs is 2. The summed E-state index contributed by atoms with van der Waals surface area (Å²) in [7, 11) is 0. The second kappa shape index (κ2) is 3.91. The van der Waals surface area contributed by atoms with Crippen molar-refractivity contribution in [3.8, 4) is 0 Å². The Morgan fingerprint density at radius 3 is 2.88 bits per heavy atom. The van der Waals surface area contributed by atoms with E-state index in [0.29, 0.717) is 17.6 Å². The molecule has 1 aromatic carbocycles. The van der Waals surface area contributed by atoms with Crippen LogP contribution in [0.15, 0.2) is 18.2 Å². The number of rotatable bonds is 2. The quantitative estimate of drug-likeness (QED) is 0.795. The Hall–Kier alpha value is -1.22. The van der Waals surface area contributed by atoms with Crippen LogP contribution in [0.5, 0.6) is 0 Å². The minimum Gasteiger partial charge on any atom is -0.310 e. The van der Waals surface area contributed by atoms with Crippen molar-refractivity contribution in [2.45, 2.75) is 38.3 Å². The maximum atomic E-state index is 13.2. The van der Waals surface area contributed by atoms with Crippen LogP contribution in [0.2, 0.25) is 0 Å². The van der Waals surface area contributed by atoms with Crippen molar-refractivity contribution in [2.24, 2.45) is 5.92 Å². The van der Waals surface area contributed by atoms with Gasteiger partial charge >= 0.3 is 0 Å². The van der Waals surface area contributed by atoms with Crippen molar-refractivity contribution in [3.63, 3.8) is 0 Å². The van der Waals surface area contributed by atoms with Gasteiger partial charge in [0.15, 0.2) is 5.78 Å². The van der Waals surface area contributed by atoms with Crippen LogP contribution in [0.25, 0.3) is 0 Å². The SMILES string of the molecule is Cc1ccc(F)cc1C(=O)C1CC2CCC1N2. The van der Waals surface area contributed by atoms with Gasteiger partial charge in [0.1, 0.15) is 5.82 Å². The molecule has 0 aromatic heterocycles. The van der Waals surface area contributed by atoms with Crippen molar-refractivity contribution in [3.05, 3.63) is 35.1 Å². The number of Topliss-reactive ketones (excluding diaryl/α,β-unsaturated/α-hetero) is 1. The summed E-state index contributed by atoms with van der Waals surface area (Å²) < 4.78 is 13.2. The van der Waals surface area contributed by atoms with Gasteiger partial charge in [-0.15, -0.1) is 0 Å². The highest BCUT2D eigenvalue weighted by Crippen LogP contribution is 2.35. The monoisotopic (exact) mass is 233 g/mol. The van der Waals surface area contributed by atoms with Gasteiger partial charge < -0.3 is 5.32 Å². The van der Waals surface area contributed by atoms with Crippen molar-refractivity contribution >= 4 is 5.78 Å². The highest BCUT2D eigenvalue weighted by Gasteiger charge is 2.43. The van der Waals surface area contributed by atoms with Crippen LogP contribution < -0.4 is 5.32 Å². The zero-order valence-electron chi connectivity index (χ0n) is 9.87. The summed E-state index contributed by atoms with van der Waals surface area (Å²) in [5, 5.41) is 3.45. The summed E-state index contributed by atoms with van der Waals surface area (Å²) in [6.07, 6.45) is 3.17. The number of halogens is 1. The van der Waals surface area contributed by atoms with E-state index < -0.39 is 0 Å². The highest BCUT2D eigenvalue weighted by atomic mass is 19.1. The molecule has 2 fully saturated rings. The Morgan fingerprint density at radius 1 is 1.41 bits per heavy atom. The number of ketones is 1. The topological polar surface area (TPSA) is 29.1 Å². The van der Waals surface area contributed by atoms with E-state index in [1.807, 2.05) is 6.92 Å². The molecule has 0 saturated carbocycles. The lowest BCUT2D eigenvalue weighted by molar-refractivity contribution is 0.0900. The zero-order chi connectivity index (χ0) is 12.0. The highest BCUT2D eigenvalue weighted by molar-refractivity contribution is 5.99. The fraction of sp³-hybridized carbons (Fsp3) is 0.500. The van der Waals surface area contributed by atoms with Gasteiger partial charge in [0.05, 0.1) is 0 Å². The molecule has 3 heteroatoms. The van der Waals surface area contributed by atoms with Crippen molar-refractivity contribution < 1.29 is 9.18 Å². The lowest BCUT2D eigenvalue weighted by atomic mass is 9.83. The van der Waals surface area contributed by atoms with Crippen LogP contribution in [0, 0.1) is 18.7 Å². The second-order valence-electron chi connectivity index (χ2n) is 5.21. The third-order valence-corrected chi connectivity index (χ3v) is 4.10. The molecule has 1 aromatic rings. The van der Waals surface area contributed by atoms with E-state index in [1.165, 1.54) is 18.6 Å². The van der Waals surface area contributed by atoms with E-state index in [1.54, 1.807) is 6.07 Å². The van der Waals surface area contributed by atoms with E-state index in [0.717, 1.165) is 18.4 Å². The number of aryl methyl sites for hydroxylation is 1. The fourth-order valence-electron chi connectivity index (χ4n) is 3.17. The maximum absolute atomic E-state index is 13.2. The standard InChI is InChI=1S/C14H16FNO/c1-8-2-3-9(15)6-11(8)14(17)12-7-10-4-5-13(12)16-10/h2-3,6,10,12-13,16H,4-5,7H2,1H3. The molecule has 2 nitrogen and oxygen atoms in total. The maximum Gasteiger partial charge on any atom is 0.167 e. The summed E-state index contributed by atoms with van der Waals surface area (Å²) in [5.74, 6) is -0.161. The average molecular weight is 233 g/mol. The normalized spacial score (nSPS) is 30.8. The van der Waals surface area contributed by atoms with Gasteiger partial charge in [-0.25, -0.2) is 4.39 Å². The smallest absolute Gasteiger partial charge is 0.167 e.